The third kappa shape index (κ3) is 19.1. The molecule has 118 heavy (non-hydrogen) atoms. The number of carboxylic acid groups (broad SMARTS) is 1. The normalized spacial score (nSPS) is 11.0. The minimum atomic E-state index is -1.04. The molecular weight excluding hydrogens is 1490 g/mol. The molecule has 19 aromatic rings. The second-order valence-electron chi connectivity index (χ2n) is 28.0. The van der Waals surface area contributed by atoms with Crippen molar-refractivity contribution in [1.29, 1.82) is 0 Å². The molecule has 0 saturated carbocycles. The number of aromatic nitrogens is 10. The highest BCUT2D eigenvalue weighted by Gasteiger charge is 2.21. The molecule has 0 radical (unpaired) electrons. The van der Waals surface area contributed by atoms with Gasteiger partial charge in [0.15, 0.2) is 11.5 Å². The van der Waals surface area contributed by atoms with Gasteiger partial charge in [-0.05, 0) is 115 Å². The number of carboxylic acids is 1. The molecular formula is C98H84N10O9S. The first-order valence-electron chi connectivity index (χ1n) is 38.8. The number of nitrogens with zero attached hydrogens (tertiary/aromatic N) is 9. The molecule has 0 fully saturated rings. The minimum Gasteiger partial charge on any atom is -0.481 e. The Morgan fingerprint density at radius 2 is 0.797 bits per heavy atom. The number of furan rings is 2. The number of benzene rings is 11. The van der Waals surface area contributed by atoms with E-state index in [0.717, 1.165) is 90.1 Å². The molecule has 19 nitrogen and oxygen atoms in total. The number of aryl methyl sites for hydroxylation is 2. The number of hydrogen-bond acceptors (Lipinski definition) is 14. The number of esters is 2. The summed E-state index contributed by atoms with van der Waals surface area (Å²) in [5.74, 6) is 0.382. The van der Waals surface area contributed by atoms with Crippen molar-refractivity contribution in [2.45, 2.75) is 73.0 Å². The molecule has 0 aliphatic rings. The highest BCUT2D eigenvalue weighted by molar-refractivity contribution is 7.17. The number of rotatable bonds is 21. The lowest BCUT2D eigenvalue weighted by Gasteiger charge is -2.04. The fraction of sp³-hybridized carbons (Fsp3) is 0.122. The van der Waals surface area contributed by atoms with Crippen molar-refractivity contribution in [3.63, 3.8) is 0 Å². The zero-order valence-electron chi connectivity index (χ0n) is 65.2. The van der Waals surface area contributed by atoms with Gasteiger partial charge < -0.3 is 28.5 Å². The number of H-pyrrole nitrogens is 1. The van der Waals surface area contributed by atoms with Gasteiger partial charge >= 0.3 is 17.9 Å². The summed E-state index contributed by atoms with van der Waals surface area (Å²) >= 11 is 1.65. The lowest BCUT2D eigenvalue weighted by Crippen LogP contribution is -2.07. The summed E-state index contributed by atoms with van der Waals surface area (Å²) in [6.07, 6.45) is -0.426. The zero-order valence-corrected chi connectivity index (χ0v) is 66.0. The number of nitrogens with one attached hydrogen (secondary N) is 1. The molecule has 0 aliphatic heterocycles. The van der Waals surface area contributed by atoms with Crippen molar-refractivity contribution >= 4 is 83.1 Å². The van der Waals surface area contributed by atoms with E-state index in [9.17, 15) is 14.4 Å². The Labute approximate surface area is 684 Å². The largest absolute Gasteiger partial charge is 0.481 e. The van der Waals surface area contributed by atoms with E-state index in [4.69, 9.17) is 48.9 Å². The lowest BCUT2D eigenvalue weighted by atomic mass is 10.1. The molecule has 8 aromatic heterocycles. The summed E-state index contributed by atoms with van der Waals surface area (Å²) in [4.78, 5) is 34.0. The fourth-order valence-electron chi connectivity index (χ4n) is 13.8. The van der Waals surface area contributed by atoms with Crippen LogP contribution >= 0.6 is 11.3 Å². The van der Waals surface area contributed by atoms with E-state index < -0.39 is 11.9 Å². The first kappa shape index (κ1) is 78.7. The quantitative estimate of drug-likeness (QED) is 0.0568. The second-order valence-corrected chi connectivity index (χ2v) is 29.0. The van der Waals surface area contributed by atoms with Crippen LogP contribution in [0.25, 0.3) is 111 Å². The van der Waals surface area contributed by atoms with Crippen molar-refractivity contribution in [2.24, 2.45) is 0 Å². The summed E-state index contributed by atoms with van der Waals surface area (Å²) < 4.78 is 30.8. The molecule has 0 bridgehead atoms. The van der Waals surface area contributed by atoms with Crippen LogP contribution in [0, 0.1) is 13.8 Å². The van der Waals surface area contributed by atoms with Crippen molar-refractivity contribution < 1.29 is 42.9 Å². The van der Waals surface area contributed by atoms with Crippen LogP contribution in [-0.4, -0.2) is 84.0 Å². The van der Waals surface area contributed by atoms with Crippen LogP contribution < -0.4 is 0 Å². The average Bonchev–Trinajstić information content (AvgIpc) is 1.68. The van der Waals surface area contributed by atoms with Gasteiger partial charge in [-0.25, -0.2) is 4.79 Å². The van der Waals surface area contributed by atoms with Gasteiger partial charge in [0.1, 0.15) is 47.5 Å². The lowest BCUT2D eigenvalue weighted by molar-refractivity contribution is -0.149. The maximum Gasteiger partial charge on any atom is 0.338 e. The predicted molar refractivity (Wildman–Crippen MR) is 465 cm³/mol. The van der Waals surface area contributed by atoms with E-state index in [2.05, 4.69) is 192 Å². The highest BCUT2D eigenvalue weighted by atomic mass is 32.1. The third-order valence-corrected chi connectivity index (χ3v) is 20.6. The standard InChI is InChI=1S/C23H20N2O5.C23H20N2O2.C21H18N2.C17H14N2O2S.C14H12N2/c26-21(27)12-13-22(28)29-15-17-10-11-20(30-17)23-18-8-4-5-9-19(18)25(24-23)14-16-6-2-1-3-7-16;1-2-27-23(26)19-14-12-18(13-15-19)22-20-10-6-7-11-21(20)25(24-22)16-17-8-4-3-5-9-17;1-16-11-13-18(14-12-16)21-19-9-5-6-10-20(19)23(22-21)15-17-7-3-2-4-8-17;20-11-13-6-7-15(21-13)16-17-14(8-9-22-17)19(18-16)10-12-4-2-1-3-5-12;1-10-6-8-11(9-7-10)14-12-4-2-3-5-13(12)15-16-14/h1-11H,12-15H2,(H,26,27);3-15H,2,16H2,1H3;2-14H,15H2,1H3;1-9,20H,10-11H2;2-9H,1H3,(H,15,16). The van der Waals surface area contributed by atoms with Crippen LogP contribution in [0.1, 0.15) is 75.0 Å². The Hall–Kier alpha value is -14.6. The molecule has 8 heterocycles. The number of para-hydroxylation sites is 4. The molecule has 0 unspecified atom stereocenters. The van der Waals surface area contributed by atoms with E-state index in [-0.39, 0.29) is 32.0 Å². The van der Waals surface area contributed by atoms with Crippen molar-refractivity contribution in [3.8, 4) is 56.7 Å². The molecule has 0 amide bonds. The molecule has 586 valence electrons. The minimum absolute atomic E-state index is 0.0545. The summed E-state index contributed by atoms with van der Waals surface area (Å²) in [5, 5.41) is 50.9. The molecule has 11 aromatic carbocycles. The Morgan fingerprint density at radius 3 is 1.27 bits per heavy atom. The Morgan fingerprint density at radius 1 is 0.398 bits per heavy atom. The van der Waals surface area contributed by atoms with Crippen LogP contribution in [-0.2, 0) is 58.5 Å². The number of thiophene rings is 1. The second kappa shape index (κ2) is 37.6. The van der Waals surface area contributed by atoms with Gasteiger partial charge in [0.2, 0.25) is 0 Å². The van der Waals surface area contributed by atoms with E-state index in [0.29, 0.717) is 54.0 Å². The van der Waals surface area contributed by atoms with Gasteiger partial charge in [-0.2, -0.15) is 25.5 Å². The first-order chi connectivity index (χ1) is 57.9. The summed E-state index contributed by atoms with van der Waals surface area (Å²) in [5.41, 5.74) is 21.2. The number of aromatic amines is 1. The zero-order chi connectivity index (χ0) is 81.1. The van der Waals surface area contributed by atoms with E-state index >= 15 is 0 Å². The SMILES string of the molecule is CCOC(=O)c1ccc(-c2nn(Cc3ccccc3)c3ccccc23)cc1.Cc1ccc(-c2n[nH]c3ccccc23)cc1.Cc1ccc(-c2nn(Cc3ccccc3)c3ccccc23)cc1.O=C(O)CCC(=O)OCc1ccc(-c2nn(Cc3ccccc3)c3ccccc23)o1.OCc1ccc(-c2nn(Cc3ccccc3)c3ccsc23)o1. The Bertz CT molecular complexity index is 6540. The van der Waals surface area contributed by atoms with Crippen LogP contribution in [0.2, 0.25) is 0 Å². The predicted octanol–water partition coefficient (Wildman–Crippen LogP) is 21.7. The number of carbonyl (C=O) groups is 3. The van der Waals surface area contributed by atoms with Gasteiger partial charge in [0.05, 0.1) is 89.2 Å². The Kier molecular flexibility index (Phi) is 25.0. The Balaban J connectivity index is 0.000000117. The molecule has 0 spiro atoms. The van der Waals surface area contributed by atoms with Crippen molar-refractivity contribution in [2.75, 3.05) is 6.61 Å². The third-order valence-electron chi connectivity index (χ3n) is 19.7. The summed E-state index contributed by atoms with van der Waals surface area (Å²) in [6, 6.07) is 108. The number of carbonyl (C=O) groups excluding carboxylic acids is 2. The molecule has 0 atom stereocenters. The number of fused-ring (bicyclic) bond motifs is 5. The summed E-state index contributed by atoms with van der Waals surface area (Å²) in [7, 11) is 0. The first-order valence-corrected chi connectivity index (χ1v) is 39.7. The van der Waals surface area contributed by atoms with Crippen LogP contribution in [0.3, 0.4) is 0 Å². The molecule has 0 saturated heterocycles. The number of aliphatic carboxylic acids is 1. The van der Waals surface area contributed by atoms with Crippen molar-refractivity contribution in [1.82, 2.24) is 49.3 Å². The van der Waals surface area contributed by atoms with E-state index in [1.165, 1.54) is 49.7 Å². The fourth-order valence-corrected chi connectivity index (χ4v) is 14.6. The molecule has 20 heteroatoms. The van der Waals surface area contributed by atoms with Gasteiger partial charge in [-0.1, -0.05) is 266 Å². The maximum atomic E-state index is 11.9. The highest BCUT2D eigenvalue weighted by Crippen LogP contribution is 2.36. The smallest absolute Gasteiger partial charge is 0.338 e. The topological polar surface area (TPSA) is 236 Å². The number of ether oxygens (including phenoxy) is 2. The van der Waals surface area contributed by atoms with E-state index in [1.54, 1.807) is 48.6 Å². The summed E-state index contributed by atoms with van der Waals surface area (Å²) in [6.45, 7) is 9.07. The van der Waals surface area contributed by atoms with Crippen LogP contribution in [0.5, 0.6) is 0 Å². The molecule has 0 aliphatic carbocycles. The number of hydrogen-bond donors (Lipinski definition) is 3. The van der Waals surface area contributed by atoms with Crippen molar-refractivity contribution in [3.05, 3.63) is 377 Å². The monoisotopic (exact) mass is 1580 g/mol. The van der Waals surface area contributed by atoms with E-state index in [1.807, 2.05) is 148 Å². The van der Waals surface area contributed by atoms with Crippen LogP contribution in [0.4, 0.5) is 0 Å². The van der Waals surface area contributed by atoms with Gasteiger partial charge in [0, 0.05) is 38.2 Å². The molecule has 3 N–H and O–H groups in total. The van der Waals surface area contributed by atoms with Gasteiger partial charge in [-0.3, -0.25) is 33.4 Å². The van der Waals surface area contributed by atoms with Crippen LogP contribution in [0.15, 0.2) is 336 Å². The number of aliphatic hydroxyl groups excluding tert-OH is 1. The number of aliphatic hydroxyl groups is 1. The maximum absolute atomic E-state index is 11.9. The van der Waals surface area contributed by atoms with Gasteiger partial charge in [-0.15, -0.1) is 11.3 Å². The van der Waals surface area contributed by atoms with Gasteiger partial charge in [0.25, 0.3) is 0 Å². The molecule has 19 rings (SSSR count). The average molecular weight is 1580 g/mol.